The number of nitrogens with two attached hydrogens (primary N) is 1. The van der Waals surface area contributed by atoms with Gasteiger partial charge in [-0.05, 0) is 61.8 Å². The van der Waals surface area contributed by atoms with Crippen molar-refractivity contribution in [3.05, 3.63) is 35.1 Å². The Morgan fingerprint density at radius 3 is 3.10 bits per heavy atom. The lowest BCUT2D eigenvalue weighted by Gasteiger charge is -2.33. The summed E-state index contributed by atoms with van der Waals surface area (Å²) in [5, 5.41) is 4.07. The summed E-state index contributed by atoms with van der Waals surface area (Å²) in [6.45, 7) is 4.01. The van der Waals surface area contributed by atoms with Gasteiger partial charge in [0.05, 0.1) is 6.21 Å². The fourth-order valence-corrected chi connectivity index (χ4v) is 2.67. The molecule has 0 radical (unpaired) electrons. The zero-order valence-corrected chi connectivity index (χ0v) is 13.0. The van der Waals surface area contributed by atoms with Crippen LogP contribution in [0.25, 0.3) is 0 Å². The molecule has 0 amide bonds. The minimum absolute atomic E-state index is 0.111. The summed E-state index contributed by atoms with van der Waals surface area (Å²) in [6, 6.07) is 5.26. The number of benzene rings is 1. The first kappa shape index (κ1) is 15.9. The van der Waals surface area contributed by atoms with Crippen LogP contribution in [0.5, 0.6) is 0 Å². The quantitative estimate of drug-likeness (QED) is 0.509. The molecule has 1 heterocycles. The SMILES string of the molecule is CC1CCCCN1Cc1cc(F)ccc1C=NNC(N)=S. The average Bonchev–Trinajstić information content (AvgIpc) is 2.43. The van der Waals surface area contributed by atoms with E-state index in [4.69, 9.17) is 18.0 Å². The van der Waals surface area contributed by atoms with Gasteiger partial charge in [-0.1, -0.05) is 12.5 Å². The van der Waals surface area contributed by atoms with Gasteiger partial charge in [-0.15, -0.1) is 0 Å². The Kier molecular flexibility index (Phi) is 5.64. The van der Waals surface area contributed by atoms with Crippen LogP contribution in [-0.4, -0.2) is 28.8 Å². The average molecular weight is 308 g/mol. The monoisotopic (exact) mass is 308 g/mol. The summed E-state index contributed by atoms with van der Waals surface area (Å²) in [5.41, 5.74) is 9.65. The van der Waals surface area contributed by atoms with E-state index < -0.39 is 0 Å². The topological polar surface area (TPSA) is 53.6 Å². The predicted octanol–water partition coefficient (Wildman–Crippen LogP) is 2.37. The van der Waals surface area contributed by atoms with E-state index in [-0.39, 0.29) is 10.9 Å². The molecule has 0 saturated carbocycles. The second-order valence-electron chi connectivity index (χ2n) is 5.39. The lowest BCUT2D eigenvalue weighted by Crippen LogP contribution is -2.37. The van der Waals surface area contributed by atoms with Gasteiger partial charge in [-0.25, -0.2) is 4.39 Å². The minimum Gasteiger partial charge on any atom is -0.375 e. The Morgan fingerprint density at radius 1 is 1.57 bits per heavy atom. The summed E-state index contributed by atoms with van der Waals surface area (Å²) >= 11 is 4.70. The summed E-state index contributed by atoms with van der Waals surface area (Å²) < 4.78 is 13.5. The zero-order valence-electron chi connectivity index (χ0n) is 12.2. The molecule has 0 spiro atoms. The Morgan fingerprint density at radius 2 is 2.38 bits per heavy atom. The summed E-state index contributed by atoms with van der Waals surface area (Å²) in [7, 11) is 0. The molecular formula is C15H21FN4S. The summed E-state index contributed by atoms with van der Waals surface area (Å²) in [5.74, 6) is -0.228. The first-order chi connectivity index (χ1) is 10.1. The Bertz CT molecular complexity index is 532. The number of hydrazone groups is 1. The largest absolute Gasteiger partial charge is 0.375 e. The molecule has 114 valence electrons. The third-order valence-corrected chi connectivity index (χ3v) is 3.89. The van der Waals surface area contributed by atoms with E-state index in [1.807, 2.05) is 0 Å². The molecule has 0 aliphatic carbocycles. The number of nitrogens with zero attached hydrogens (tertiary/aromatic N) is 2. The highest BCUT2D eigenvalue weighted by Gasteiger charge is 2.19. The van der Waals surface area contributed by atoms with Gasteiger partial charge in [-0.2, -0.15) is 5.10 Å². The van der Waals surface area contributed by atoms with Crippen molar-refractivity contribution in [3.8, 4) is 0 Å². The Balaban J connectivity index is 2.14. The van der Waals surface area contributed by atoms with E-state index in [2.05, 4.69) is 22.4 Å². The number of likely N-dealkylation sites (tertiary alicyclic amines) is 1. The van der Waals surface area contributed by atoms with Crippen molar-refractivity contribution in [2.45, 2.75) is 38.8 Å². The molecule has 1 aliphatic rings. The number of nitrogens with one attached hydrogen (secondary N) is 1. The van der Waals surface area contributed by atoms with Gasteiger partial charge in [0, 0.05) is 12.6 Å². The van der Waals surface area contributed by atoms with Crippen LogP contribution in [0.1, 0.15) is 37.3 Å². The molecule has 3 N–H and O–H groups in total. The molecule has 1 saturated heterocycles. The van der Waals surface area contributed by atoms with Crippen molar-refractivity contribution in [2.24, 2.45) is 10.8 Å². The van der Waals surface area contributed by atoms with Gasteiger partial charge in [-0.3, -0.25) is 10.3 Å². The van der Waals surface area contributed by atoms with Crippen LogP contribution in [0.4, 0.5) is 4.39 Å². The van der Waals surface area contributed by atoms with E-state index in [0.29, 0.717) is 6.04 Å². The third-order valence-electron chi connectivity index (χ3n) is 3.80. The van der Waals surface area contributed by atoms with Crippen LogP contribution in [0, 0.1) is 5.82 Å². The predicted molar refractivity (Wildman–Crippen MR) is 87.6 cm³/mol. The number of halogens is 1. The highest BCUT2D eigenvalue weighted by molar-refractivity contribution is 7.80. The smallest absolute Gasteiger partial charge is 0.184 e. The van der Waals surface area contributed by atoms with Crippen LogP contribution >= 0.6 is 12.2 Å². The van der Waals surface area contributed by atoms with Crippen molar-refractivity contribution < 1.29 is 4.39 Å². The van der Waals surface area contributed by atoms with Crippen LogP contribution in [0.15, 0.2) is 23.3 Å². The van der Waals surface area contributed by atoms with Gasteiger partial charge in [0.1, 0.15) is 5.82 Å². The van der Waals surface area contributed by atoms with Crippen LogP contribution in [0.2, 0.25) is 0 Å². The number of hydrogen-bond acceptors (Lipinski definition) is 3. The molecule has 21 heavy (non-hydrogen) atoms. The van der Waals surface area contributed by atoms with Crippen LogP contribution < -0.4 is 11.2 Å². The summed E-state index contributed by atoms with van der Waals surface area (Å²) in [6.07, 6.45) is 5.29. The molecule has 0 bridgehead atoms. The first-order valence-electron chi connectivity index (χ1n) is 7.17. The van der Waals surface area contributed by atoms with E-state index in [1.54, 1.807) is 18.3 Å². The molecule has 1 unspecified atom stereocenters. The van der Waals surface area contributed by atoms with Gasteiger partial charge in [0.2, 0.25) is 0 Å². The van der Waals surface area contributed by atoms with Crippen molar-refractivity contribution in [3.63, 3.8) is 0 Å². The third kappa shape index (κ3) is 4.75. The first-order valence-corrected chi connectivity index (χ1v) is 7.58. The van der Waals surface area contributed by atoms with Crippen molar-refractivity contribution in [1.82, 2.24) is 10.3 Å². The second-order valence-corrected chi connectivity index (χ2v) is 5.83. The lowest BCUT2D eigenvalue weighted by molar-refractivity contribution is 0.152. The molecule has 1 aromatic rings. The standard InChI is InChI=1S/C15H21FN4S/c1-11-4-2-3-7-20(11)10-13-8-14(16)6-5-12(13)9-18-19-15(17)21/h5-6,8-9,11H,2-4,7,10H2,1H3,(H3,17,19,21). The molecular weight excluding hydrogens is 287 g/mol. The fourth-order valence-electron chi connectivity index (χ4n) is 2.61. The molecule has 4 nitrogen and oxygen atoms in total. The molecule has 1 aromatic carbocycles. The highest BCUT2D eigenvalue weighted by atomic mass is 32.1. The number of hydrogen-bond donors (Lipinski definition) is 2. The van der Waals surface area contributed by atoms with E-state index in [9.17, 15) is 4.39 Å². The van der Waals surface area contributed by atoms with E-state index >= 15 is 0 Å². The molecule has 6 heteroatoms. The van der Waals surface area contributed by atoms with Crippen molar-refractivity contribution in [1.29, 1.82) is 0 Å². The van der Waals surface area contributed by atoms with Crippen LogP contribution in [0.3, 0.4) is 0 Å². The van der Waals surface area contributed by atoms with E-state index in [0.717, 1.165) is 24.2 Å². The van der Waals surface area contributed by atoms with Crippen molar-refractivity contribution >= 4 is 23.5 Å². The molecule has 1 aliphatic heterocycles. The number of piperidine rings is 1. The van der Waals surface area contributed by atoms with Crippen LogP contribution in [-0.2, 0) is 6.54 Å². The molecule has 1 atom stereocenters. The normalized spacial score (nSPS) is 19.8. The number of rotatable bonds is 4. The second kappa shape index (κ2) is 7.47. The minimum atomic E-state index is -0.228. The number of thiocarbonyl (C=S) groups is 1. The maximum absolute atomic E-state index is 13.5. The van der Waals surface area contributed by atoms with Gasteiger partial charge >= 0.3 is 0 Å². The maximum atomic E-state index is 13.5. The lowest BCUT2D eigenvalue weighted by atomic mass is 10.0. The maximum Gasteiger partial charge on any atom is 0.184 e. The Hall–Kier alpha value is -1.53. The van der Waals surface area contributed by atoms with Gasteiger partial charge in [0.25, 0.3) is 0 Å². The van der Waals surface area contributed by atoms with E-state index in [1.165, 1.54) is 25.3 Å². The molecule has 2 rings (SSSR count). The summed E-state index contributed by atoms with van der Waals surface area (Å²) in [4.78, 5) is 2.39. The molecule has 0 aromatic heterocycles. The highest BCUT2D eigenvalue weighted by Crippen LogP contribution is 2.20. The van der Waals surface area contributed by atoms with Gasteiger partial charge in [0.15, 0.2) is 5.11 Å². The Labute approximate surface area is 130 Å². The van der Waals surface area contributed by atoms with Gasteiger partial charge < -0.3 is 5.73 Å². The fraction of sp³-hybridized carbons (Fsp3) is 0.467. The molecule has 1 fully saturated rings. The van der Waals surface area contributed by atoms with Crippen molar-refractivity contribution in [2.75, 3.05) is 6.54 Å². The zero-order chi connectivity index (χ0) is 15.2.